The first-order valence-electron chi connectivity index (χ1n) is 9.74. The van der Waals surface area contributed by atoms with Crippen LogP contribution in [0.25, 0.3) is 10.9 Å². The highest BCUT2D eigenvalue weighted by molar-refractivity contribution is 6.00. The largest absolute Gasteiger partial charge is 0.493 e. The summed E-state index contributed by atoms with van der Waals surface area (Å²) in [5.74, 6) is 0.0836. The molecule has 0 aliphatic carbocycles. The number of carbonyl (C=O) groups is 2. The summed E-state index contributed by atoms with van der Waals surface area (Å²) in [6.07, 6.45) is 2.12. The molecule has 30 heavy (non-hydrogen) atoms. The molecular weight excluding hydrogens is 384 g/mol. The average molecular weight is 406 g/mol. The third-order valence-corrected chi connectivity index (χ3v) is 5.12. The lowest BCUT2D eigenvalue weighted by atomic mass is 10.1. The fourth-order valence-electron chi connectivity index (χ4n) is 3.58. The highest BCUT2D eigenvalue weighted by Crippen LogP contribution is 2.32. The number of hydrogen-bond donors (Lipinski definition) is 0. The molecular formula is C23H22N2O5. The van der Waals surface area contributed by atoms with E-state index in [4.69, 9.17) is 19.2 Å². The number of esters is 2. The van der Waals surface area contributed by atoms with E-state index in [9.17, 15) is 9.59 Å². The van der Waals surface area contributed by atoms with Gasteiger partial charge in [-0.05, 0) is 43.2 Å². The molecule has 0 atom stereocenters. The van der Waals surface area contributed by atoms with E-state index >= 15 is 0 Å². The number of methoxy groups -OCH3 is 2. The van der Waals surface area contributed by atoms with Crippen LogP contribution in [0.1, 0.15) is 33.6 Å². The van der Waals surface area contributed by atoms with Crippen molar-refractivity contribution in [2.24, 2.45) is 0 Å². The van der Waals surface area contributed by atoms with E-state index in [-0.39, 0.29) is 11.5 Å². The lowest BCUT2D eigenvalue weighted by Gasteiger charge is -2.20. The third-order valence-electron chi connectivity index (χ3n) is 5.12. The van der Waals surface area contributed by atoms with Crippen LogP contribution in [0.15, 0.2) is 48.5 Å². The molecule has 4 rings (SSSR count). The summed E-state index contributed by atoms with van der Waals surface area (Å²) < 4.78 is 15.7. The van der Waals surface area contributed by atoms with E-state index in [2.05, 4.69) is 4.90 Å². The molecule has 0 radical (unpaired) electrons. The van der Waals surface area contributed by atoms with Crippen LogP contribution in [0.5, 0.6) is 11.5 Å². The molecule has 0 saturated carbocycles. The number of benzene rings is 2. The standard InChI is InChI=1S/C23H22N2O5/c1-28-20-14-16(22(26)29-2)9-10-19(20)30-23(27)17-13-15-7-3-4-8-18(15)24-21(17)25-11-5-6-12-25/h3-4,7-10,13-14H,5-6,11-12H2,1-2H3. The Morgan fingerprint density at radius 3 is 2.43 bits per heavy atom. The predicted octanol–water partition coefficient (Wildman–Crippen LogP) is 3.85. The Kier molecular flexibility index (Phi) is 5.52. The number of carbonyl (C=O) groups excluding carboxylic acids is 2. The molecule has 154 valence electrons. The van der Waals surface area contributed by atoms with E-state index in [0.29, 0.717) is 16.9 Å². The van der Waals surface area contributed by atoms with Crippen molar-refractivity contribution in [2.75, 3.05) is 32.2 Å². The number of rotatable bonds is 5. The van der Waals surface area contributed by atoms with Gasteiger partial charge in [0, 0.05) is 18.5 Å². The van der Waals surface area contributed by atoms with Crippen LogP contribution in [-0.2, 0) is 4.74 Å². The Labute approximate surface area is 174 Å². The van der Waals surface area contributed by atoms with Crippen molar-refractivity contribution in [2.45, 2.75) is 12.8 Å². The zero-order valence-corrected chi connectivity index (χ0v) is 16.9. The molecule has 2 aromatic carbocycles. The lowest BCUT2D eigenvalue weighted by molar-refractivity contribution is 0.0600. The Bertz CT molecular complexity index is 1110. The second kappa shape index (κ2) is 8.41. The van der Waals surface area contributed by atoms with Crippen molar-refractivity contribution in [3.05, 3.63) is 59.7 Å². The Morgan fingerprint density at radius 1 is 0.933 bits per heavy atom. The van der Waals surface area contributed by atoms with Crippen molar-refractivity contribution in [3.63, 3.8) is 0 Å². The summed E-state index contributed by atoms with van der Waals surface area (Å²) in [6.45, 7) is 1.70. The first-order chi connectivity index (χ1) is 14.6. The molecule has 3 aromatic rings. The van der Waals surface area contributed by atoms with Gasteiger partial charge in [0.05, 0.1) is 25.3 Å². The first-order valence-corrected chi connectivity index (χ1v) is 9.74. The van der Waals surface area contributed by atoms with Gasteiger partial charge in [-0.25, -0.2) is 14.6 Å². The molecule has 1 aromatic heterocycles. The van der Waals surface area contributed by atoms with Crippen LogP contribution in [0.3, 0.4) is 0 Å². The van der Waals surface area contributed by atoms with E-state index in [0.717, 1.165) is 36.8 Å². The number of aromatic nitrogens is 1. The molecule has 1 saturated heterocycles. The van der Waals surface area contributed by atoms with Crippen molar-refractivity contribution in [1.29, 1.82) is 0 Å². The maximum absolute atomic E-state index is 13.1. The Morgan fingerprint density at radius 2 is 1.70 bits per heavy atom. The van der Waals surface area contributed by atoms with E-state index in [1.165, 1.54) is 32.4 Å². The topological polar surface area (TPSA) is 78.0 Å². The molecule has 0 bridgehead atoms. The third kappa shape index (κ3) is 3.78. The van der Waals surface area contributed by atoms with Crippen molar-refractivity contribution in [1.82, 2.24) is 4.98 Å². The summed E-state index contributed by atoms with van der Waals surface area (Å²) in [6, 6.07) is 14.0. The van der Waals surface area contributed by atoms with Crippen LogP contribution in [0, 0.1) is 0 Å². The number of fused-ring (bicyclic) bond motifs is 1. The van der Waals surface area contributed by atoms with E-state index in [1.807, 2.05) is 30.3 Å². The Balaban J connectivity index is 1.71. The smallest absolute Gasteiger partial charge is 0.347 e. The van der Waals surface area contributed by atoms with Gasteiger partial charge in [0.25, 0.3) is 0 Å². The normalized spacial score (nSPS) is 13.3. The molecule has 0 N–H and O–H groups in total. The minimum atomic E-state index is -0.528. The summed E-state index contributed by atoms with van der Waals surface area (Å²) in [4.78, 5) is 31.8. The molecule has 1 aliphatic heterocycles. The van der Waals surface area contributed by atoms with Crippen LogP contribution in [0.4, 0.5) is 5.82 Å². The molecule has 1 aliphatic rings. The molecule has 1 fully saturated rings. The SMILES string of the molecule is COC(=O)c1ccc(OC(=O)c2cc3ccccc3nc2N2CCCC2)c(OC)c1. The second-order valence-corrected chi connectivity index (χ2v) is 6.99. The fourth-order valence-corrected chi connectivity index (χ4v) is 3.58. The van der Waals surface area contributed by atoms with Gasteiger partial charge in [-0.1, -0.05) is 18.2 Å². The minimum absolute atomic E-state index is 0.218. The quantitative estimate of drug-likeness (QED) is 0.470. The zero-order chi connectivity index (χ0) is 21.1. The van der Waals surface area contributed by atoms with Crippen LogP contribution in [0.2, 0.25) is 0 Å². The number of pyridine rings is 1. The van der Waals surface area contributed by atoms with E-state index in [1.54, 1.807) is 0 Å². The second-order valence-electron chi connectivity index (χ2n) is 6.99. The van der Waals surface area contributed by atoms with Gasteiger partial charge in [-0.2, -0.15) is 0 Å². The Hall–Kier alpha value is -3.61. The van der Waals surface area contributed by atoms with Crippen LogP contribution in [-0.4, -0.2) is 44.2 Å². The van der Waals surface area contributed by atoms with Gasteiger partial charge in [0.2, 0.25) is 0 Å². The van der Waals surface area contributed by atoms with E-state index < -0.39 is 11.9 Å². The molecule has 0 spiro atoms. The molecule has 0 amide bonds. The summed E-state index contributed by atoms with van der Waals surface area (Å²) in [5.41, 5.74) is 1.53. The molecule has 7 heteroatoms. The highest BCUT2D eigenvalue weighted by Gasteiger charge is 2.24. The summed E-state index contributed by atoms with van der Waals surface area (Å²) in [7, 11) is 2.75. The molecule has 2 heterocycles. The average Bonchev–Trinajstić information content (AvgIpc) is 3.32. The number of hydrogen-bond acceptors (Lipinski definition) is 7. The monoisotopic (exact) mass is 406 g/mol. The van der Waals surface area contributed by atoms with Gasteiger partial charge < -0.3 is 19.1 Å². The maximum atomic E-state index is 13.1. The number of para-hydroxylation sites is 1. The predicted molar refractivity (Wildman–Crippen MR) is 112 cm³/mol. The number of ether oxygens (including phenoxy) is 3. The summed E-state index contributed by atoms with van der Waals surface area (Å²) >= 11 is 0. The minimum Gasteiger partial charge on any atom is -0.493 e. The highest BCUT2D eigenvalue weighted by atomic mass is 16.6. The van der Waals surface area contributed by atoms with Gasteiger partial charge in [-0.15, -0.1) is 0 Å². The zero-order valence-electron chi connectivity index (χ0n) is 16.9. The molecule has 0 unspecified atom stereocenters. The van der Waals surface area contributed by atoms with Gasteiger partial charge in [0.1, 0.15) is 11.4 Å². The van der Waals surface area contributed by atoms with Crippen LogP contribution >= 0.6 is 0 Å². The van der Waals surface area contributed by atoms with Crippen molar-refractivity contribution in [3.8, 4) is 11.5 Å². The van der Waals surface area contributed by atoms with Gasteiger partial charge in [0.15, 0.2) is 11.5 Å². The van der Waals surface area contributed by atoms with Crippen LogP contribution < -0.4 is 14.4 Å². The maximum Gasteiger partial charge on any atom is 0.347 e. The van der Waals surface area contributed by atoms with Gasteiger partial charge >= 0.3 is 11.9 Å². The first kappa shape index (κ1) is 19.7. The summed E-state index contributed by atoms with van der Waals surface area (Å²) in [5, 5.41) is 0.861. The van der Waals surface area contributed by atoms with Crippen molar-refractivity contribution < 1.29 is 23.8 Å². The lowest BCUT2D eigenvalue weighted by Crippen LogP contribution is -2.23. The van der Waals surface area contributed by atoms with Crippen molar-refractivity contribution >= 4 is 28.7 Å². The van der Waals surface area contributed by atoms with Gasteiger partial charge in [-0.3, -0.25) is 0 Å². The number of anilines is 1. The fraction of sp³-hybridized carbons (Fsp3) is 0.261. The molecule has 7 nitrogen and oxygen atoms in total. The number of nitrogens with zero attached hydrogens (tertiary/aromatic N) is 2.